The molecule has 0 bridgehead atoms. The van der Waals surface area contributed by atoms with E-state index in [0.29, 0.717) is 16.7 Å². The lowest BCUT2D eigenvalue weighted by molar-refractivity contribution is 0.00318. The van der Waals surface area contributed by atoms with Gasteiger partial charge in [-0.2, -0.15) is 17.2 Å². The van der Waals surface area contributed by atoms with E-state index in [-0.39, 0.29) is 10.5 Å². The van der Waals surface area contributed by atoms with Crippen molar-refractivity contribution in [1.29, 1.82) is 0 Å². The van der Waals surface area contributed by atoms with E-state index in [2.05, 4.69) is 0 Å². The summed E-state index contributed by atoms with van der Waals surface area (Å²) >= 11 is 0. The zero-order chi connectivity index (χ0) is 21.9. The van der Waals surface area contributed by atoms with Gasteiger partial charge in [0.25, 0.3) is 0 Å². The molecule has 0 saturated carbocycles. The number of halogens is 2. The minimum absolute atomic E-state index is 0.191. The van der Waals surface area contributed by atoms with Gasteiger partial charge in [-0.3, -0.25) is 0 Å². The Morgan fingerprint density at radius 3 is 2.10 bits per heavy atom. The predicted molar refractivity (Wildman–Crippen MR) is 114 cm³/mol. The first-order valence-corrected chi connectivity index (χ1v) is 10.7. The molecule has 0 heterocycles. The van der Waals surface area contributed by atoms with Gasteiger partial charge in [0.2, 0.25) is 0 Å². The number of hydrogen-bond acceptors (Lipinski definition) is 3. The molecule has 0 spiro atoms. The van der Waals surface area contributed by atoms with Crippen LogP contribution in [0.3, 0.4) is 0 Å². The van der Waals surface area contributed by atoms with E-state index in [4.69, 9.17) is 4.18 Å². The molecule has 0 atom stereocenters. The molecule has 0 aliphatic heterocycles. The summed E-state index contributed by atoms with van der Waals surface area (Å²) in [7, 11) is -4.46. The molecule has 0 fully saturated rings. The van der Waals surface area contributed by atoms with Gasteiger partial charge in [-0.25, -0.2) is 0 Å². The number of benzene rings is 3. The van der Waals surface area contributed by atoms with E-state index in [1.165, 1.54) is 18.2 Å². The summed E-state index contributed by atoms with van der Waals surface area (Å²) < 4.78 is 61.8. The van der Waals surface area contributed by atoms with E-state index in [1.54, 1.807) is 75.4 Å². The van der Waals surface area contributed by atoms with Gasteiger partial charge < -0.3 is 4.18 Å². The Labute approximate surface area is 175 Å². The Morgan fingerprint density at radius 2 is 1.47 bits per heavy atom. The minimum Gasteiger partial charge on any atom is -0.377 e. The zero-order valence-electron chi connectivity index (χ0n) is 16.9. The maximum Gasteiger partial charge on any atom is 0.339 e. The summed E-state index contributed by atoms with van der Waals surface area (Å²) in [5.74, 6) is -4.62. The summed E-state index contributed by atoms with van der Waals surface area (Å²) in [6.45, 7) is 5.05. The number of hydrogen-bond donors (Lipinski definition) is 0. The first-order valence-electron chi connectivity index (χ1n) is 9.33. The van der Waals surface area contributed by atoms with Gasteiger partial charge in [0.1, 0.15) is 4.90 Å². The lowest BCUT2D eigenvalue weighted by atomic mass is 9.98. The molecule has 3 rings (SSSR count). The predicted octanol–water partition coefficient (Wildman–Crippen LogP) is 6.15. The summed E-state index contributed by atoms with van der Waals surface area (Å²) in [6.07, 6.45) is 1.06. The third-order valence-electron chi connectivity index (χ3n) is 4.65. The molecule has 0 aliphatic rings. The van der Waals surface area contributed by atoms with E-state index in [9.17, 15) is 8.42 Å². The second-order valence-corrected chi connectivity index (χ2v) is 8.71. The van der Waals surface area contributed by atoms with Crippen molar-refractivity contribution < 1.29 is 21.4 Å². The molecule has 0 saturated heterocycles. The van der Waals surface area contributed by atoms with Crippen LogP contribution in [0.2, 0.25) is 0 Å². The SMILES string of the molecule is Cc1ccc(S(=O)(=O)O/C(=C\c2ccccc2)C(F)(F)c2cc(C)ccc2C)cc1. The van der Waals surface area contributed by atoms with E-state index in [1.807, 2.05) is 0 Å². The largest absolute Gasteiger partial charge is 0.377 e. The third-order valence-corrected chi connectivity index (χ3v) is 5.90. The van der Waals surface area contributed by atoms with E-state index >= 15 is 8.78 Å². The number of alkyl halides is 2. The summed E-state index contributed by atoms with van der Waals surface area (Å²) in [5.41, 5.74) is 1.91. The molecule has 3 nitrogen and oxygen atoms in total. The van der Waals surface area contributed by atoms with Crippen molar-refractivity contribution in [2.24, 2.45) is 0 Å². The highest BCUT2D eigenvalue weighted by molar-refractivity contribution is 7.86. The Morgan fingerprint density at radius 1 is 0.867 bits per heavy atom. The van der Waals surface area contributed by atoms with Crippen molar-refractivity contribution in [3.63, 3.8) is 0 Å². The maximum absolute atomic E-state index is 15.6. The smallest absolute Gasteiger partial charge is 0.339 e. The molecule has 0 unspecified atom stereocenters. The second kappa shape index (κ2) is 8.40. The van der Waals surface area contributed by atoms with Crippen LogP contribution >= 0.6 is 0 Å². The standard InChI is InChI=1S/C24H22F2O3S/c1-17-10-13-21(14-11-17)30(27,28)29-23(16-20-7-5-4-6-8-20)24(25,26)22-15-18(2)9-12-19(22)3/h4-16H,1-3H3/b23-16-. The molecule has 30 heavy (non-hydrogen) atoms. The molecule has 3 aromatic rings. The van der Waals surface area contributed by atoms with Crippen LogP contribution < -0.4 is 0 Å². The Kier molecular flexibility index (Phi) is 6.08. The van der Waals surface area contributed by atoms with Crippen LogP contribution in [0.4, 0.5) is 8.78 Å². The quantitative estimate of drug-likeness (QED) is 0.349. The van der Waals surface area contributed by atoms with Crippen LogP contribution in [-0.2, 0) is 20.2 Å². The molecule has 156 valence electrons. The fraction of sp³-hybridized carbons (Fsp3) is 0.167. The Bertz CT molecular complexity index is 1170. The van der Waals surface area contributed by atoms with Crippen molar-refractivity contribution in [2.75, 3.05) is 0 Å². The van der Waals surface area contributed by atoms with Crippen molar-refractivity contribution in [3.8, 4) is 0 Å². The van der Waals surface area contributed by atoms with Gasteiger partial charge in [-0.05, 0) is 56.2 Å². The highest BCUT2D eigenvalue weighted by Crippen LogP contribution is 2.41. The van der Waals surface area contributed by atoms with Crippen molar-refractivity contribution in [1.82, 2.24) is 0 Å². The molecule has 0 N–H and O–H groups in total. The van der Waals surface area contributed by atoms with Gasteiger partial charge in [0.05, 0.1) is 0 Å². The molecule has 0 amide bonds. The summed E-state index contributed by atoms with van der Waals surface area (Å²) in [4.78, 5) is -0.191. The van der Waals surface area contributed by atoms with Crippen molar-refractivity contribution in [2.45, 2.75) is 31.6 Å². The highest BCUT2D eigenvalue weighted by atomic mass is 32.2. The van der Waals surface area contributed by atoms with Crippen LogP contribution in [0, 0.1) is 20.8 Å². The van der Waals surface area contributed by atoms with Crippen LogP contribution in [0.1, 0.15) is 27.8 Å². The van der Waals surface area contributed by atoms with Crippen molar-refractivity contribution in [3.05, 3.63) is 106 Å². The highest BCUT2D eigenvalue weighted by Gasteiger charge is 2.42. The topological polar surface area (TPSA) is 43.4 Å². The van der Waals surface area contributed by atoms with Crippen molar-refractivity contribution >= 4 is 16.2 Å². The fourth-order valence-corrected chi connectivity index (χ4v) is 3.90. The van der Waals surface area contributed by atoms with Crippen LogP contribution in [0.5, 0.6) is 0 Å². The van der Waals surface area contributed by atoms with Gasteiger partial charge in [0, 0.05) is 5.56 Å². The van der Waals surface area contributed by atoms with Crippen LogP contribution in [0.15, 0.2) is 83.5 Å². The van der Waals surface area contributed by atoms with Gasteiger partial charge >= 0.3 is 16.0 Å². The molecule has 0 aromatic heterocycles. The molecular weight excluding hydrogens is 406 g/mol. The second-order valence-electron chi connectivity index (χ2n) is 7.16. The molecule has 0 radical (unpaired) electrons. The average molecular weight is 429 g/mol. The van der Waals surface area contributed by atoms with Gasteiger partial charge in [-0.1, -0.05) is 65.7 Å². The third kappa shape index (κ3) is 4.76. The number of aryl methyl sites for hydroxylation is 3. The Hall–Kier alpha value is -2.99. The first kappa shape index (κ1) is 21.7. The van der Waals surface area contributed by atoms with Crippen LogP contribution in [-0.4, -0.2) is 8.42 Å². The lowest BCUT2D eigenvalue weighted by Crippen LogP contribution is -2.23. The monoisotopic (exact) mass is 428 g/mol. The molecule has 0 aliphatic carbocycles. The fourth-order valence-electron chi connectivity index (χ4n) is 2.95. The molecule has 3 aromatic carbocycles. The molecular formula is C24H22F2O3S. The minimum atomic E-state index is -4.46. The van der Waals surface area contributed by atoms with Crippen LogP contribution in [0.25, 0.3) is 6.08 Å². The zero-order valence-corrected chi connectivity index (χ0v) is 17.7. The van der Waals surface area contributed by atoms with E-state index < -0.39 is 21.8 Å². The summed E-state index contributed by atoms with van der Waals surface area (Å²) in [5, 5.41) is 0. The lowest BCUT2D eigenvalue weighted by Gasteiger charge is -2.22. The average Bonchev–Trinajstić information content (AvgIpc) is 2.70. The van der Waals surface area contributed by atoms with Gasteiger partial charge in [0.15, 0.2) is 5.76 Å². The maximum atomic E-state index is 15.6. The summed E-state index contributed by atoms with van der Waals surface area (Å²) in [6, 6.07) is 18.8. The number of allylic oxidation sites excluding steroid dienone is 1. The first-order chi connectivity index (χ1) is 14.1. The van der Waals surface area contributed by atoms with E-state index in [0.717, 1.165) is 11.6 Å². The number of rotatable bonds is 6. The van der Waals surface area contributed by atoms with Gasteiger partial charge in [-0.15, -0.1) is 0 Å². The molecule has 6 heteroatoms. The normalized spacial score (nSPS) is 12.6. The Balaban J connectivity index is 2.13.